The zero-order chi connectivity index (χ0) is 20.5. The van der Waals surface area contributed by atoms with Crippen LogP contribution < -0.4 is 12.4 Å². The van der Waals surface area contributed by atoms with Gasteiger partial charge in [0.1, 0.15) is 0 Å². The number of hydrogen-bond donors (Lipinski definition) is 0. The molecule has 0 N–H and O–H groups in total. The highest BCUT2D eigenvalue weighted by atomic mass is 35.5. The smallest absolute Gasteiger partial charge is 0.277 e. The van der Waals surface area contributed by atoms with E-state index in [9.17, 15) is 4.79 Å². The number of carbonyl (C=O) groups excluding carboxylic acids is 1. The number of unbranched alkanes of at least 4 members (excludes halogenated alkanes) is 13. The Morgan fingerprint density at radius 2 is 1.17 bits per heavy atom. The fourth-order valence-electron chi connectivity index (χ4n) is 4.09. The first-order chi connectivity index (χ1) is 13.5. The average Bonchev–Trinajstić information content (AvgIpc) is 2.68. The highest BCUT2D eigenvalue weighted by Gasteiger charge is 2.25. The molecule has 1 rings (SSSR count). The Hall–Kier alpha value is -0.320. The number of hydrogen-bond acceptors (Lipinski definition) is 2. The van der Waals surface area contributed by atoms with Crippen molar-refractivity contribution in [1.82, 2.24) is 4.90 Å². The summed E-state index contributed by atoms with van der Waals surface area (Å²) in [6.07, 6.45) is 19.5. The average molecular weight is 433 g/mol. The number of quaternary nitrogens is 1. The van der Waals surface area contributed by atoms with Crippen LogP contribution in [0.5, 0.6) is 0 Å². The van der Waals surface area contributed by atoms with Crippen molar-refractivity contribution in [2.75, 3.05) is 53.5 Å². The lowest BCUT2D eigenvalue weighted by molar-refractivity contribution is -0.883. The Morgan fingerprint density at radius 1 is 0.759 bits per heavy atom. The van der Waals surface area contributed by atoms with E-state index < -0.39 is 0 Å². The third-order valence-electron chi connectivity index (χ3n) is 6.04. The normalized spacial score (nSPS) is 14.7. The lowest BCUT2D eigenvalue weighted by Crippen LogP contribution is -3.00. The van der Waals surface area contributed by atoms with Gasteiger partial charge in [0.15, 0.2) is 6.54 Å². The van der Waals surface area contributed by atoms with Crippen molar-refractivity contribution in [3.8, 4) is 0 Å². The Morgan fingerprint density at radius 3 is 1.62 bits per heavy atom. The van der Waals surface area contributed by atoms with Gasteiger partial charge < -0.3 is 26.5 Å². The van der Waals surface area contributed by atoms with Gasteiger partial charge in [-0.05, 0) is 12.8 Å². The summed E-state index contributed by atoms with van der Waals surface area (Å²) in [5.41, 5.74) is 0. The predicted molar refractivity (Wildman–Crippen MR) is 120 cm³/mol. The van der Waals surface area contributed by atoms with Gasteiger partial charge in [-0.25, -0.2) is 0 Å². The van der Waals surface area contributed by atoms with E-state index in [1.165, 1.54) is 89.9 Å². The molecule has 0 aromatic rings. The Kier molecular flexibility index (Phi) is 18.2. The number of nitrogens with zero attached hydrogens (tertiary/aromatic N) is 2. The van der Waals surface area contributed by atoms with Crippen molar-refractivity contribution >= 4 is 5.91 Å². The van der Waals surface area contributed by atoms with Crippen molar-refractivity contribution in [2.24, 2.45) is 0 Å². The predicted octanol–water partition coefficient (Wildman–Crippen LogP) is 2.41. The van der Waals surface area contributed by atoms with Crippen LogP contribution >= 0.6 is 0 Å². The van der Waals surface area contributed by atoms with E-state index in [2.05, 4.69) is 21.0 Å². The van der Waals surface area contributed by atoms with Crippen molar-refractivity contribution in [3.05, 3.63) is 0 Å². The van der Waals surface area contributed by atoms with Gasteiger partial charge in [0, 0.05) is 13.1 Å². The van der Waals surface area contributed by atoms with E-state index in [-0.39, 0.29) is 12.4 Å². The van der Waals surface area contributed by atoms with Crippen LogP contribution in [-0.2, 0) is 9.53 Å². The Balaban J connectivity index is 0.00000784. The van der Waals surface area contributed by atoms with Gasteiger partial charge >= 0.3 is 0 Å². The largest absolute Gasteiger partial charge is 1.00 e. The van der Waals surface area contributed by atoms with E-state index in [1.807, 2.05) is 4.90 Å². The summed E-state index contributed by atoms with van der Waals surface area (Å²) in [6.45, 7) is 6.92. The molecule has 0 unspecified atom stereocenters. The molecule has 1 heterocycles. The SMILES string of the molecule is CCCCCCCCCCCCCCCC[N+](C)(C)CC(=O)N1CCOCC1.[Cl-]. The Labute approximate surface area is 187 Å². The molecule has 0 aromatic heterocycles. The molecular formula is C24H49ClN2O2. The molecule has 1 saturated heterocycles. The molecule has 174 valence electrons. The van der Waals surface area contributed by atoms with E-state index in [1.54, 1.807) is 0 Å². The molecule has 0 bridgehead atoms. The first-order valence-corrected chi connectivity index (χ1v) is 12.2. The number of morpholine rings is 1. The number of amides is 1. The molecule has 1 fully saturated rings. The zero-order valence-corrected chi connectivity index (χ0v) is 20.5. The molecule has 29 heavy (non-hydrogen) atoms. The van der Waals surface area contributed by atoms with Crippen molar-refractivity contribution in [1.29, 1.82) is 0 Å². The molecule has 0 radical (unpaired) electrons. The van der Waals surface area contributed by atoms with Gasteiger partial charge in [-0.15, -0.1) is 0 Å². The van der Waals surface area contributed by atoms with Gasteiger partial charge in [0.2, 0.25) is 0 Å². The van der Waals surface area contributed by atoms with Gasteiger partial charge in [-0.1, -0.05) is 84.0 Å². The van der Waals surface area contributed by atoms with E-state index in [4.69, 9.17) is 4.74 Å². The van der Waals surface area contributed by atoms with Crippen LogP contribution in [0.4, 0.5) is 0 Å². The standard InChI is InChI=1S/C24H49N2O2.ClH/c1-4-5-6-7-8-9-10-11-12-13-14-15-16-17-20-26(2,3)23-24(27)25-18-21-28-22-19-25;/h4-23H2,1-3H3;1H/q+1;/p-1. The molecule has 1 aliphatic heterocycles. The topological polar surface area (TPSA) is 29.5 Å². The molecule has 0 aliphatic carbocycles. The summed E-state index contributed by atoms with van der Waals surface area (Å²) < 4.78 is 6.15. The summed E-state index contributed by atoms with van der Waals surface area (Å²) in [6, 6.07) is 0. The molecule has 0 atom stereocenters. The van der Waals surface area contributed by atoms with Crippen LogP contribution in [0.2, 0.25) is 0 Å². The summed E-state index contributed by atoms with van der Waals surface area (Å²) in [7, 11) is 4.39. The minimum absolute atomic E-state index is 0. The lowest BCUT2D eigenvalue weighted by Gasteiger charge is -2.33. The van der Waals surface area contributed by atoms with E-state index >= 15 is 0 Å². The molecule has 1 amide bonds. The van der Waals surface area contributed by atoms with E-state index in [0.717, 1.165) is 24.1 Å². The van der Waals surface area contributed by atoms with Gasteiger partial charge in [0.05, 0.1) is 33.9 Å². The van der Waals surface area contributed by atoms with Crippen LogP contribution in [-0.4, -0.2) is 68.8 Å². The van der Waals surface area contributed by atoms with Crippen LogP contribution in [0.1, 0.15) is 96.8 Å². The fraction of sp³-hybridized carbons (Fsp3) is 0.958. The molecule has 5 heteroatoms. The summed E-state index contributed by atoms with van der Waals surface area (Å²) in [4.78, 5) is 14.4. The second-order valence-corrected chi connectivity index (χ2v) is 9.41. The van der Waals surface area contributed by atoms with Crippen molar-refractivity contribution < 1.29 is 26.4 Å². The van der Waals surface area contributed by atoms with Crippen molar-refractivity contribution in [3.63, 3.8) is 0 Å². The quantitative estimate of drug-likeness (QED) is 0.261. The third-order valence-corrected chi connectivity index (χ3v) is 6.04. The van der Waals surface area contributed by atoms with Gasteiger partial charge in [-0.3, -0.25) is 4.79 Å². The summed E-state index contributed by atoms with van der Waals surface area (Å²) >= 11 is 0. The first-order valence-electron chi connectivity index (χ1n) is 12.2. The Bertz CT molecular complexity index is 385. The second-order valence-electron chi connectivity index (χ2n) is 9.41. The van der Waals surface area contributed by atoms with Crippen LogP contribution in [0.25, 0.3) is 0 Å². The van der Waals surface area contributed by atoms with Crippen LogP contribution in [0.15, 0.2) is 0 Å². The molecular weight excluding hydrogens is 384 g/mol. The number of likely N-dealkylation sites (N-methyl/N-ethyl adjacent to an activating group) is 1. The second kappa shape index (κ2) is 18.4. The maximum atomic E-state index is 12.4. The van der Waals surface area contributed by atoms with Gasteiger partial charge in [-0.2, -0.15) is 0 Å². The minimum atomic E-state index is 0. The number of carbonyl (C=O) groups is 1. The zero-order valence-electron chi connectivity index (χ0n) is 19.7. The van der Waals surface area contributed by atoms with Gasteiger partial charge in [0.25, 0.3) is 5.91 Å². The lowest BCUT2D eigenvalue weighted by atomic mass is 10.0. The molecule has 0 spiro atoms. The van der Waals surface area contributed by atoms with Crippen LogP contribution in [0, 0.1) is 0 Å². The maximum Gasteiger partial charge on any atom is 0.277 e. The molecule has 0 saturated carbocycles. The number of ether oxygens (including phenoxy) is 1. The first kappa shape index (κ1) is 28.7. The maximum absolute atomic E-state index is 12.4. The fourth-order valence-corrected chi connectivity index (χ4v) is 4.09. The van der Waals surface area contributed by atoms with E-state index in [0.29, 0.717) is 25.7 Å². The summed E-state index contributed by atoms with van der Waals surface area (Å²) in [5, 5.41) is 0. The monoisotopic (exact) mass is 432 g/mol. The minimum Gasteiger partial charge on any atom is -1.00 e. The van der Waals surface area contributed by atoms with Crippen molar-refractivity contribution in [2.45, 2.75) is 96.8 Å². The molecule has 1 aliphatic rings. The van der Waals surface area contributed by atoms with Crippen LogP contribution in [0.3, 0.4) is 0 Å². The highest BCUT2D eigenvalue weighted by Crippen LogP contribution is 2.13. The molecule has 4 nitrogen and oxygen atoms in total. The molecule has 0 aromatic carbocycles. The summed E-state index contributed by atoms with van der Waals surface area (Å²) in [5.74, 6) is 0.290. The third kappa shape index (κ3) is 16.1. The highest BCUT2D eigenvalue weighted by molar-refractivity contribution is 5.77. The number of halogens is 1. The number of rotatable bonds is 17.